The van der Waals surface area contributed by atoms with Crippen LogP contribution in [-0.2, 0) is 0 Å². The number of hydrogen-bond acceptors (Lipinski definition) is 2. The average molecular weight is 300 g/mol. The predicted molar refractivity (Wildman–Crippen MR) is 81.9 cm³/mol. The van der Waals surface area contributed by atoms with Crippen molar-refractivity contribution in [1.29, 1.82) is 0 Å². The molecule has 114 valence electrons. The van der Waals surface area contributed by atoms with Gasteiger partial charge in [-0.25, -0.2) is 4.39 Å². The molecule has 4 nitrogen and oxygen atoms in total. The topological polar surface area (TPSA) is 58.2 Å². The molecule has 0 aliphatic heterocycles. The molecule has 2 aromatic carbocycles. The first-order chi connectivity index (χ1) is 10.5. The number of carbonyl (C=O) groups excluding carboxylic acids is 2. The highest BCUT2D eigenvalue weighted by Crippen LogP contribution is 2.14. The molecule has 0 aromatic heterocycles. The van der Waals surface area contributed by atoms with Crippen LogP contribution in [0.25, 0.3) is 0 Å². The van der Waals surface area contributed by atoms with Crippen molar-refractivity contribution in [2.24, 2.45) is 0 Å². The highest BCUT2D eigenvalue weighted by Gasteiger charge is 2.12. The van der Waals surface area contributed by atoms with Crippen LogP contribution in [0, 0.1) is 5.82 Å². The fourth-order valence-electron chi connectivity index (χ4n) is 1.92. The number of carbonyl (C=O) groups is 2. The molecule has 0 heterocycles. The molecular formula is C17H17FN2O2. The van der Waals surface area contributed by atoms with Crippen molar-refractivity contribution in [1.82, 2.24) is 10.9 Å². The summed E-state index contributed by atoms with van der Waals surface area (Å²) in [6, 6.07) is 12.6. The molecule has 0 atom stereocenters. The van der Waals surface area contributed by atoms with Gasteiger partial charge in [0.1, 0.15) is 5.82 Å². The first-order valence-corrected chi connectivity index (χ1v) is 6.94. The van der Waals surface area contributed by atoms with Gasteiger partial charge in [-0.15, -0.1) is 0 Å². The summed E-state index contributed by atoms with van der Waals surface area (Å²) in [5.41, 5.74) is 5.87. The molecule has 2 amide bonds. The Bertz CT molecular complexity index is 681. The second-order valence-electron chi connectivity index (χ2n) is 5.16. The van der Waals surface area contributed by atoms with Crippen LogP contribution < -0.4 is 10.9 Å². The van der Waals surface area contributed by atoms with Crippen LogP contribution in [0.3, 0.4) is 0 Å². The first kappa shape index (κ1) is 15.7. The maximum Gasteiger partial charge on any atom is 0.272 e. The van der Waals surface area contributed by atoms with E-state index in [2.05, 4.69) is 24.7 Å². The standard InChI is InChI=1S/C17H17FN2O2/c1-11(2)12-7-9-13(10-8-12)16(21)19-20-17(22)14-5-3-4-6-15(14)18/h3-11H,1-2H3,(H,19,21)(H,20,22). The Labute approximate surface area is 128 Å². The minimum Gasteiger partial charge on any atom is -0.267 e. The molecule has 0 aliphatic rings. The maximum absolute atomic E-state index is 13.4. The lowest BCUT2D eigenvalue weighted by Crippen LogP contribution is -2.41. The van der Waals surface area contributed by atoms with Crippen LogP contribution in [0.4, 0.5) is 4.39 Å². The summed E-state index contributed by atoms with van der Waals surface area (Å²) in [5.74, 6) is -1.43. The second-order valence-corrected chi connectivity index (χ2v) is 5.16. The zero-order valence-corrected chi connectivity index (χ0v) is 12.4. The highest BCUT2D eigenvalue weighted by atomic mass is 19.1. The number of benzene rings is 2. The fourth-order valence-corrected chi connectivity index (χ4v) is 1.92. The van der Waals surface area contributed by atoms with Gasteiger partial charge < -0.3 is 0 Å². The fraction of sp³-hybridized carbons (Fsp3) is 0.176. The zero-order valence-electron chi connectivity index (χ0n) is 12.4. The Morgan fingerprint density at radius 3 is 2.09 bits per heavy atom. The summed E-state index contributed by atoms with van der Waals surface area (Å²) in [4.78, 5) is 23.7. The Morgan fingerprint density at radius 2 is 1.50 bits per heavy atom. The molecule has 0 spiro atoms. The molecule has 0 radical (unpaired) electrons. The van der Waals surface area contributed by atoms with E-state index in [9.17, 15) is 14.0 Å². The number of nitrogens with one attached hydrogen (secondary N) is 2. The van der Waals surface area contributed by atoms with E-state index in [0.717, 1.165) is 5.56 Å². The van der Waals surface area contributed by atoms with Crippen molar-refractivity contribution in [2.45, 2.75) is 19.8 Å². The number of halogens is 1. The van der Waals surface area contributed by atoms with Gasteiger partial charge in [0.25, 0.3) is 11.8 Å². The molecule has 0 fully saturated rings. The van der Waals surface area contributed by atoms with Gasteiger partial charge in [0.15, 0.2) is 0 Å². The van der Waals surface area contributed by atoms with Crippen molar-refractivity contribution in [3.8, 4) is 0 Å². The second kappa shape index (κ2) is 6.85. The normalized spacial score (nSPS) is 10.4. The Kier molecular flexibility index (Phi) is 4.88. The van der Waals surface area contributed by atoms with Crippen molar-refractivity contribution in [3.63, 3.8) is 0 Å². The Morgan fingerprint density at radius 1 is 0.909 bits per heavy atom. The minimum atomic E-state index is -0.703. The average Bonchev–Trinajstić information content (AvgIpc) is 2.52. The van der Waals surface area contributed by atoms with Gasteiger partial charge in [-0.1, -0.05) is 38.1 Å². The van der Waals surface area contributed by atoms with Gasteiger partial charge in [-0.05, 0) is 35.7 Å². The van der Waals surface area contributed by atoms with E-state index in [0.29, 0.717) is 11.5 Å². The third kappa shape index (κ3) is 3.69. The summed E-state index contributed by atoms with van der Waals surface area (Å²) in [6.45, 7) is 4.12. The van der Waals surface area contributed by atoms with Gasteiger partial charge in [0.2, 0.25) is 0 Å². The number of rotatable bonds is 3. The molecular weight excluding hydrogens is 283 g/mol. The van der Waals surface area contributed by atoms with E-state index in [1.54, 1.807) is 18.2 Å². The van der Waals surface area contributed by atoms with Crippen molar-refractivity contribution in [3.05, 3.63) is 71.0 Å². The van der Waals surface area contributed by atoms with Crippen LogP contribution >= 0.6 is 0 Å². The summed E-state index contributed by atoms with van der Waals surface area (Å²) in [5, 5.41) is 0. The molecule has 5 heteroatoms. The molecule has 0 saturated carbocycles. The van der Waals surface area contributed by atoms with E-state index in [1.165, 1.54) is 18.2 Å². The van der Waals surface area contributed by atoms with Gasteiger partial charge in [0.05, 0.1) is 5.56 Å². The molecule has 2 N–H and O–H groups in total. The first-order valence-electron chi connectivity index (χ1n) is 6.94. The lowest BCUT2D eigenvalue weighted by molar-refractivity contribution is 0.0844. The van der Waals surface area contributed by atoms with E-state index >= 15 is 0 Å². The maximum atomic E-state index is 13.4. The van der Waals surface area contributed by atoms with Gasteiger partial charge in [-0.3, -0.25) is 20.4 Å². The smallest absolute Gasteiger partial charge is 0.267 e. The van der Waals surface area contributed by atoms with E-state index in [-0.39, 0.29) is 5.56 Å². The third-order valence-electron chi connectivity index (χ3n) is 3.25. The summed E-state index contributed by atoms with van der Waals surface area (Å²) >= 11 is 0. The van der Waals surface area contributed by atoms with Crippen molar-refractivity contribution >= 4 is 11.8 Å². The molecule has 0 unspecified atom stereocenters. The number of hydrazine groups is 1. The molecule has 0 saturated heterocycles. The minimum absolute atomic E-state index is 0.127. The highest BCUT2D eigenvalue weighted by molar-refractivity contribution is 5.99. The largest absolute Gasteiger partial charge is 0.272 e. The van der Waals surface area contributed by atoms with Crippen LogP contribution in [0.2, 0.25) is 0 Å². The zero-order chi connectivity index (χ0) is 16.1. The van der Waals surface area contributed by atoms with E-state index < -0.39 is 17.6 Å². The monoisotopic (exact) mass is 300 g/mol. The van der Waals surface area contributed by atoms with Gasteiger partial charge >= 0.3 is 0 Å². The van der Waals surface area contributed by atoms with Gasteiger partial charge in [-0.2, -0.15) is 0 Å². The van der Waals surface area contributed by atoms with Crippen molar-refractivity contribution < 1.29 is 14.0 Å². The SMILES string of the molecule is CC(C)c1ccc(C(=O)NNC(=O)c2ccccc2F)cc1. The van der Waals surface area contributed by atoms with Gasteiger partial charge in [0, 0.05) is 5.56 Å². The van der Waals surface area contributed by atoms with Crippen LogP contribution in [0.1, 0.15) is 46.0 Å². The molecule has 2 aromatic rings. The predicted octanol–water partition coefficient (Wildman–Crippen LogP) is 3.02. The number of amides is 2. The van der Waals surface area contributed by atoms with E-state index in [4.69, 9.17) is 0 Å². The summed E-state index contributed by atoms with van der Waals surface area (Å²) < 4.78 is 13.4. The lowest BCUT2D eigenvalue weighted by Gasteiger charge is -2.09. The third-order valence-corrected chi connectivity index (χ3v) is 3.25. The van der Waals surface area contributed by atoms with Crippen LogP contribution in [0.5, 0.6) is 0 Å². The summed E-state index contributed by atoms with van der Waals surface area (Å²) in [7, 11) is 0. The Balaban J connectivity index is 1.98. The Hall–Kier alpha value is -2.69. The lowest BCUT2D eigenvalue weighted by atomic mass is 10.0. The van der Waals surface area contributed by atoms with Crippen LogP contribution in [0.15, 0.2) is 48.5 Å². The van der Waals surface area contributed by atoms with E-state index in [1.807, 2.05) is 12.1 Å². The molecule has 0 aliphatic carbocycles. The summed E-state index contributed by atoms with van der Waals surface area (Å²) in [6.07, 6.45) is 0. The molecule has 2 rings (SSSR count). The molecule has 0 bridgehead atoms. The quantitative estimate of drug-likeness (QED) is 0.856. The van der Waals surface area contributed by atoms with Crippen molar-refractivity contribution in [2.75, 3.05) is 0 Å². The van der Waals surface area contributed by atoms with Crippen LogP contribution in [-0.4, -0.2) is 11.8 Å². The number of hydrogen-bond donors (Lipinski definition) is 2. The molecule has 22 heavy (non-hydrogen) atoms.